The molecule has 1 unspecified atom stereocenters. The summed E-state index contributed by atoms with van der Waals surface area (Å²) in [6.07, 6.45) is 4.41. The fourth-order valence-electron chi connectivity index (χ4n) is 1.31. The molecule has 0 amide bonds. The van der Waals surface area contributed by atoms with Crippen LogP contribution in [0.15, 0.2) is 0 Å². The van der Waals surface area contributed by atoms with E-state index in [-0.39, 0.29) is 0 Å². The zero-order chi connectivity index (χ0) is 8.69. The van der Waals surface area contributed by atoms with Crippen LogP contribution in [-0.4, -0.2) is 6.17 Å². The summed E-state index contributed by atoms with van der Waals surface area (Å²) in [5.41, 5.74) is 0. The van der Waals surface area contributed by atoms with Crippen LogP contribution in [0.25, 0.3) is 0 Å². The van der Waals surface area contributed by atoms with Gasteiger partial charge in [-0.1, -0.05) is 33.6 Å². The monoisotopic (exact) mass is 160 g/mol. The minimum absolute atomic E-state index is 0.561. The molecule has 0 aliphatic heterocycles. The van der Waals surface area contributed by atoms with Gasteiger partial charge >= 0.3 is 0 Å². The van der Waals surface area contributed by atoms with Gasteiger partial charge in [-0.2, -0.15) is 0 Å². The van der Waals surface area contributed by atoms with Gasteiger partial charge in [-0.15, -0.1) is 0 Å². The lowest BCUT2D eigenvalue weighted by molar-refractivity contribution is 0.280. The molecule has 0 fully saturated rings. The molecule has 0 spiro atoms. The highest BCUT2D eigenvalue weighted by molar-refractivity contribution is 4.58. The Bertz CT molecular complexity index is 80.9. The van der Waals surface area contributed by atoms with Crippen LogP contribution in [0.3, 0.4) is 0 Å². The number of rotatable bonds is 6. The van der Waals surface area contributed by atoms with E-state index in [4.69, 9.17) is 0 Å². The van der Waals surface area contributed by atoms with Gasteiger partial charge in [-0.25, -0.2) is 4.39 Å². The van der Waals surface area contributed by atoms with Crippen molar-refractivity contribution < 1.29 is 4.39 Å². The molecule has 2 atom stereocenters. The van der Waals surface area contributed by atoms with Crippen LogP contribution in [0, 0.1) is 5.92 Å². The quantitative estimate of drug-likeness (QED) is 0.552. The highest BCUT2D eigenvalue weighted by Crippen LogP contribution is 2.16. The van der Waals surface area contributed by atoms with Crippen molar-refractivity contribution in [2.24, 2.45) is 5.92 Å². The molecule has 0 aromatic carbocycles. The van der Waals surface area contributed by atoms with Crippen LogP contribution >= 0.6 is 0 Å². The summed E-state index contributed by atoms with van der Waals surface area (Å²) in [6.45, 7) is 6.31. The van der Waals surface area contributed by atoms with E-state index in [0.29, 0.717) is 12.3 Å². The Hall–Kier alpha value is -0.0700. The minimum Gasteiger partial charge on any atom is -0.248 e. The Morgan fingerprint density at radius 1 is 1.09 bits per heavy atom. The van der Waals surface area contributed by atoms with E-state index in [0.717, 1.165) is 12.8 Å². The predicted molar refractivity (Wildman–Crippen MR) is 48.5 cm³/mol. The molecule has 0 radical (unpaired) electrons. The third-order valence-electron chi connectivity index (χ3n) is 2.20. The summed E-state index contributed by atoms with van der Waals surface area (Å²) in [7, 11) is 0. The number of hydrogen-bond acceptors (Lipinski definition) is 0. The molecule has 0 saturated heterocycles. The lowest BCUT2D eigenvalue weighted by Gasteiger charge is -2.10. The van der Waals surface area contributed by atoms with Crippen LogP contribution in [0.1, 0.15) is 52.9 Å². The summed E-state index contributed by atoms with van der Waals surface area (Å²) >= 11 is 0. The largest absolute Gasteiger partial charge is 0.248 e. The molecule has 0 saturated carbocycles. The molecule has 0 rings (SSSR count). The van der Waals surface area contributed by atoms with Crippen LogP contribution < -0.4 is 0 Å². The zero-order valence-corrected chi connectivity index (χ0v) is 8.07. The van der Waals surface area contributed by atoms with Gasteiger partial charge in [-0.05, 0) is 25.2 Å². The number of halogens is 1. The minimum atomic E-state index is -0.561. The zero-order valence-electron chi connectivity index (χ0n) is 8.07. The van der Waals surface area contributed by atoms with Crippen molar-refractivity contribution in [1.82, 2.24) is 0 Å². The van der Waals surface area contributed by atoms with E-state index < -0.39 is 6.17 Å². The summed E-state index contributed by atoms with van der Waals surface area (Å²) in [5, 5.41) is 0. The molecular weight excluding hydrogens is 139 g/mol. The van der Waals surface area contributed by atoms with Gasteiger partial charge in [0, 0.05) is 0 Å². The molecule has 1 heteroatoms. The maximum atomic E-state index is 12.7. The van der Waals surface area contributed by atoms with Crippen molar-refractivity contribution in [2.75, 3.05) is 0 Å². The van der Waals surface area contributed by atoms with Gasteiger partial charge in [0.15, 0.2) is 0 Å². The van der Waals surface area contributed by atoms with Crippen LogP contribution in [0.5, 0.6) is 0 Å². The van der Waals surface area contributed by atoms with Gasteiger partial charge < -0.3 is 0 Å². The lowest BCUT2D eigenvalue weighted by Crippen LogP contribution is -2.02. The van der Waals surface area contributed by atoms with Gasteiger partial charge in [0.2, 0.25) is 0 Å². The first-order valence-corrected chi connectivity index (χ1v) is 4.84. The molecule has 0 aliphatic carbocycles. The highest BCUT2D eigenvalue weighted by Gasteiger charge is 2.06. The molecule has 0 bridgehead atoms. The van der Waals surface area contributed by atoms with Crippen LogP contribution in [-0.2, 0) is 0 Å². The topological polar surface area (TPSA) is 0 Å². The van der Waals surface area contributed by atoms with Crippen molar-refractivity contribution in [3.05, 3.63) is 0 Å². The number of hydrogen-bond donors (Lipinski definition) is 0. The van der Waals surface area contributed by atoms with Crippen molar-refractivity contribution in [3.63, 3.8) is 0 Å². The molecule has 68 valence electrons. The SMILES string of the molecule is CCCC(C)CC[C@H](F)CC. The third kappa shape index (κ3) is 6.33. The molecular formula is C10H21F. The lowest BCUT2D eigenvalue weighted by atomic mass is 9.98. The normalized spacial score (nSPS) is 16.4. The molecule has 0 aromatic rings. The average Bonchev–Trinajstić information content (AvgIpc) is 2.01. The van der Waals surface area contributed by atoms with Gasteiger partial charge in [0.25, 0.3) is 0 Å². The highest BCUT2D eigenvalue weighted by atomic mass is 19.1. The van der Waals surface area contributed by atoms with E-state index in [2.05, 4.69) is 13.8 Å². The van der Waals surface area contributed by atoms with Crippen molar-refractivity contribution >= 4 is 0 Å². The predicted octanol–water partition coefficient (Wildman–Crippen LogP) is 3.95. The summed E-state index contributed by atoms with van der Waals surface area (Å²) in [6, 6.07) is 0. The van der Waals surface area contributed by atoms with Crippen molar-refractivity contribution in [1.29, 1.82) is 0 Å². The molecule has 11 heavy (non-hydrogen) atoms. The first-order chi connectivity index (χ1) is 5.20. The summed E-state index contributed by atoms with van der Waals surface area (Å²) in [5.74, 6) is 0.713. The Balaban J connectivity index is 3.22. The Kier molecular flexibility index (Phi) is 6.59. The first kappa shape index (κ1) is 10.9. The van der Waals surface area contributed by atoms with Gasteiger partial charge in [-0.3, -0.25) is 0 Å². The van der Waals surface area contributed by atoms with Gasteiger partial charge in [0.05, 0.1) is 6.17 Å². The second kappa shape index (κ2) is 6.63. The van der Waals surface area contributed by atoms with E-state index in [1.165, 1.54) is 12.8 Å². The Morgan fingerprint density at radius 3 is 2.18 bits per heavy atom. The van der Waals surface area contributed by atoms with E-state index in [1.807, 2.05) is 6.92 Å². The van der Waals surface area contributed by atoms with Crippen molar-refractivity contribution in [2.45, 2.75) is 59.0 Å². The van der Waals surface area contributed by atoms with E-state index >= 15 is 0 Å². The third-order valence-corrected chi connectivity index (χ3v) is 2.20. The second-order valence-corrected chi connectivity index (χ2v) is 3.48. The van der Waals surface area contributed by atoms with Crippen molar-refractivity contribution in [3.8, 4) is 0 Å². The van der Waals surface area contributed by atoms with Gasteiger partial charge in [0.1, 0.15) is 0 Å². The maximum absolute atomic E-state index is 12.7. The van der Waals surface area contributed by atoms with Crippen LogP contribution in [0.4, 0.5) is 4.39 Å². The number of alkyl halides is 1. The fraction of sp³-hybridized carbons (Fsp3) is 1.00. The van der Waals surface area contributed by atoms with Crippen LogP contribution in [0.2, 0.25) is 0 Å². The second-order valence-electron chi connectivity index (χ2n) is 3.48. The smallest absolute Gasteiger partial charge is 0.0999 e. The Labute approximate surface area is 70.2 Å². The van der Waals surface area contributed by atoms with E-state index in [1.54, 1.807) is 0 Å². The fourth-order valence-corrected chi connectivity index (χ4v) is 1.31. The first-order valence-electron chi connectivity index (χ1n) is 4.84. The molecule has 0 nitrogen and oxygen atoms in total. The molecule has 0 aromatic heterocycles. The van der Waals surface area contributed by atoms with E-state index in [9.17, 15) is 4.39 Å². The molecule has 0 aliphatic rings. The summed E-state index contributed by atoms with van der Waals surface area (Å²) in [4.78, 5) is 0. The Morgan fingerprint density at radius 2 is 1.73 bits per heavy atom. The summed E-state index contributed by atoms with van der Waals surface area (Å²) < 4.78 is 12.7. The average molecular weight is 160 g/mol. The standard InChI is InChI=1S/C10H21F/c1-4-6-9(3)7-8-10(11)5-2/h9-10H,4-8H2,1-3H3/t9?,10-/m1/s1. The maximum Gasteiger partial charge on any atom is 0.0999 e. The molecule has 0 N–H and O–H groups in total. The molecule has 0 heterocycles.